The number of alkyl halides is 3. The van der Waals surface area contributed by atoms with Crippen molar-refractivity contribution < 1.29 is 18.0 Å². The molecule has 11 heteroatoms. The number of nitrogens with zero attached hydrogens (tertiary/aromatic N) is 4. The lowest BCUT2D eigenvalue weighted by atomic mass is 10.3. The Labute approximate surface area is 155 Å². The molecule has 3 rings (SSSR count). The van der Waals surface area contributed by atoms with E-state index in [-0.39, 0.29) is 13.1 Å². The van der Waals surface area contributed by atoms with Gasteiger partial charge in [-0.2, -0.15) is 23.4 Å². The number of amides is 1. The van der Waals surface area contributed by atoms with Crippen molar-refractivity contribution in [2.75, 3.05) is 6.54 Å². The summed E-state index contributed by atoms with van der Waals surface area (Å²) in [6, 6.07) is 6.79. The van der Waals surface area contributed by atoms with E-state index in [4.69, 9.17) is 0 Å². The van der Waals surface area contributed by atoms with Crippen molar-refractivity contribution >= 4 is 17.2 Å². The van der Waals surface area contributed by atoms with Gasteiger partial charge in [-0.05, 0) is 23.6 Å². The first-order valence-corrected chi connectivity index (χ1v) is 8.65. The van der Waals surface area contributed by atoms with Gasteiger partial charge in [-0.1, -0.05) is 6.07 Å². The van der Waals surface area contributed by atoms with Crippen LogP contribution in [0.25, 0.3) is 10.6 Å². The van der Waals surface area contributed by atoms with Gasteiger partial charge in [-0.3, -0.25) is 14.3 Å². The molecular weight excluding hydrogens is 383 g/mol. The van der Waals surface area contributed by atoms with Crippen molar-refractivity contribution in [2.24, 2.45) is 7.05 Å². The number of hydrogen-bond donors (Lipinski definition) is 1. The highest BCUT2D eigenvalue weighted by Gasteiger charge is 2.33. The molecule has 0 aliphatic heterocycles. The van der Waals surface area contributed by atoms with E-state index in [1.54, 1.807) is 13.1 Å². The normalized spacial score (nSPS) is 11.6. The molecule has 0 aliphatic rings. The van der Waals surface area contributed by atoms with E-state index in [0.717, 1.165) is 10.9 Å². The Morgan fingerprint density at radius 1 is 1.26 bits per heavy atom. The molecule has 142 valence electrons. The lowest BCUT2D eigenvalue weighted by Crippen LogP contribution is -2.33. The zero-order chi connectivity index (χ0) is 19.6. The molecule has 0 saturated carbocycles. The molecule has 3 aromatic rings. The van der Waals surface area contributed by atoms with Crippen LogP contribution in [0.3, 0.4) is 0 Å². The van der Waals surface area contributed by atoms with E-state index in [0.29, 0.717) is 22.1 Å². The lowest BCUT2D eigenvalue weighted by Gasteiger charge is -2.10. The minimum atomic E-state index is -4.65. The van der Waals surface area contributed by atoms with Gasteiger partial charge in [0, 0.05) is 19.7 Å². The molecule has 0 bridgehead atoms. The molecule has 0 saturated heterocycles. The Hall–Kier alpha value is -2.95. The summed E-state index contributed by atoms with van der Waals surface area (Å²) in [7, 11) is 1.62. The molecule has 0 atom stereocenters. The number of nitrogens with one attached hydrogen (secondary N) is 1. The lowest BCUT2D eigenvalue weighted by molar-refractivity contribution is -0.142. The summed E-state index contributed by atoms with van der Waals surface area (Å²) in [5.41, 5.74) is -0.908. The SMILES string of the molecule is Cn1nc(-c2cccs2)cc1C(=O)NCCn1nc(C(F)(F)F)ccc1=O. The van der Waals surface area contributed by atoms with Crippen LogP contribution in [0.4, 0.5) is 13.2 Å². The number of aryl methyl sites for hydroxylation is 1. The second-order valence-corrected chi connectivity index (χ2v) is 6.50. The summed E-state index contributed by atoms with van der Waals surface area (Å²) in [5, 5.41) is 12.0. The minimum absolute atomic E-state index is 0.0629. The van der Waals surface area contributed by atoms with Crippen LogP contribution in [-0.4, -0.2) is 32.0 Å². The zero-order valence-corrected chi connectivity index (χ0v) is 14.8. The first kappa shape index (κ1) is 18.8. The van der Waals surface area contributed by atoms with E-state index in [9.17, 15) is 22.8 Å². The molecule has 0 unspecified atom stereocenters. The van der Waals surface area contributed by atoms with Crippen LogP contribution in [0, 0.1) is 0 Å². The topological polar surface area (TPSA) is 81.8 Å². The Balaban J connectivity index is 1.66. The second-order valence-electron chi connectivity index (χ2n) is 5.55. The van der Waals surface area contributed by atoms with Gasteiger partial charge in [0.2, 0.25) is 0 Å². The number of thiophene rings is 1. The van der Waals surface area contributed by atoms with Crippen molar-refractivity contribution in [2.45, 2.75) is 12.7 Å². The van der Waals surface area contributed by atoms with E-state index < -0.39 is 23.3 Å². The van der Waals surface area contributed by atoms with Gasteiger partial charge < -0.3 is 5.32 Å². The van der Waals surface area contributed by atoms with Gasteiger partial charge in [0.05, 0.1) is 11.4 Å². The van der Waals surface area contributed by atoms with Crippen LogP contribution in [0.15, 0.2) is 40.5 Å². The van der Waals surface area contributed by atoms with Crippen molar-refractivity contribution in [3.8, 4) is 10.6 Å². The van der Waals surface area contributed by atoms with Crippen LogP contribution >= 0.6 is 11.3 Å². The smallest absolute Gasteiger partial charge is 0.349 e. The fourth-order valence-electron chi connectivity index (χ4n) is 2.35. The van der Waals surface area contributed by atoms with Crippen molar-refractivity contribution in [3.05, 3.63) is 57.5 Å². The van der Waals surface area contributed by atoms with Gasteiger partial charge in [0.15, 0.2) is 5.69 Å². The molecule has 0 fully saturated rings. The van der Waals surface area contributed by atoms with E-state index in [2.05, 4.69) is 15.5 Å². The molecule has 3 aromatic heterocycles. The predicted molar refractivity (Wildman–Crippen MR) is 92.4 cm³/mol. The molecule has 7 nitrogen and oxygen atoms in total. The third kappa shape index (κ3) is 4.25. The largest absolute Gasteiger partial charge is 0.435 e. The Morgan fingerprint density at radius 3 is 2.70 bits per heavy atom. The molecule has 27 heavy (non-hydrogen) atoms. The van der Waals surface area contributed by atoms with Gasteiger partial charge in [0.1, 0.15) is 11.4 Å². The minimum Gasteiger partial charge on any atom is -0.349 e. The number of rotatable bonds is 5. The Kier molecular flexibility index (Phi) is 5.13. The number of carbonyl (C=O) groups excluding carboxylic acids is 1. The van der Waals surface area contributed by atoms with Crippen molar-refractivity contribution in [3.63, 3.8) is 0 Å². The molecular formula is C16H14F3N5O2S. The molecule has 0 aliphatic carbocycles. The molecule has 3 heterocycles. The maximum absolute atomic E-state index is 12.7. The van der Waals surface area contributed by atoms with Crippen LogP contribution in [-0.2, 0) is 19.8 Å². The van der Waals surface area contributed by atoms with Crippen molar-refractivity contribution in [1.29, 1.82) is 0 Å². The monoisotopic (exact) mass is 397 g/mol. The molecule has 0 radical (unpaired) electrons. The van der Waals surface area contributed by atoms with E-state index in [1.165, 1.54) is 16.0 Å². The number of aromatic nitrogens is 4. The third-order valence-corrected chi connectivity index (χ3v) is 4.54. The van der Waals surface area contributed by atoms with Crippen LogP contribution in [0.1, 0.15) is 16.2 Å². The fraction of sp³-hybridized carbons (Fsp3) is 0.250. The highest BCUT2D eigenvalue weighted by Crippen LogP contribution is 2.26. The number of hydrogen-bond acceptors (Lipinski definition) is 5. The third-order valence-electron chi connectivity index (χ3n) is 3.65. The summed E-state index contributed by atoms with van der Waals surface area (Å²) in [4.78, 5) is 24.8. The van der Waals surface area contributed by atoms with Crippen LogP contribution in [0.5, 0.6) is 0 Å². The maximum Gasteiger partial charge on any atom is 0.435 e. The zero-order valence-electron chi connectivity index (χ0n) is 14.0. The van der Waals surface area contributed by atoms with Gasteiger partial charge in [-0.15, -0.1) is 11.3 Å². The van der Waals surface area contributed by atoms with Crippen molar-refractivity contribution in [1.82, 2.24) is 24.9 Å². The molecule has 1 amide bonds. The first-order chi connectivity index (χ1) is 12.8. The summed E-state index contributed by atoms with van der Waals surface area (Å²) in [6.45, 7) is -0.253. The highest BCUT2D eigenvalue weighted by atomic mass is 32.1. The van der Waals surface area contributed by atoms with Crippen LogP contribution in [0.2, 0.25) is 0 Å². The summed E-state index contributed by atoms with van der Waals surface area (Å²) in [6.07, 6.45) is -4.65. The predicted octanol–water partition coefficient (Wildman–Crippen LogP) is 2.15. The highest BCUT2D eigenvalue weighted by molar-refractivity contribution is 7.13. The molecule has 0 spiro atoms. The number of halogens is 3. The Bertz CT molecular complexity index is 1010. The average Bonchev–Trinajstić information content (AvgIpc) is 3.24. The number of carbonyl (C=O) groups is 1. The van der Waals surface area contributed by atoms with E-state index >= 15 is 0 Å². The van der Waals surface area contributed by atoms with E-state index in [1.807, 2.05) is 17.5 Å². The summed E-state index contributed by atoms with van der Waals surface area (Å²) >= 11 is 1.48. The summed E-state index contributed by atoms with van der Waals surface area (Å²) < 4.78 is 40.1. The standard InChI is InChI=1S/C16H14F3N5O2S/c1-23-11(9-10(21-23)12-3-2-8-27-12)15(26)20-6-7-24-14(25)5-4-13(22-24)16(17,18)19/h2-5,8-9H,6-7H2,1H3,(H,20,26). The Morgan fingerprint density at radius 2 is 2.04 bits per heavy atom. The van der Waals surface area contributed by atoms with Gasteiger partial charge >= 0.3 is 6.18 Å². The second kappa shape index (κ2) is 7.35. The first-order valence-electron chi connectivity index (χ1n) is 7.77. The van der Waals surface area contributed by atoms with Crippen LogP contribution < -0.4 is 10.9 Å². The maximum atomic E-state index is 12.7. The quantitative estimate of drug-likeness (QED) is 0.715. The fourth-order valence-corrected chi connectivity index (χ4v) is 3.03. The molecule has 0 aromatic carbocycles. The molecule has 1 N–H and O–H groups in total. The average molecular weight is 397 g/mol. The van der Waals surface area contributed by atoms with Gasteiger partial charge in [-0.25, -0.2) is 4.68 Å². The summed E-state index contributed by atoms with van der Waals surface area (Å²) in [5.74, 6) is -0.451. The van der Waals surface area contributed by atoms with Gasteiger partial charge in [0.25, 0.3) is 11.5 Å².